The summed E-state index contributed by atoms with van der Waals surface area (Å²) in [6.45, 7) is 4.47. The zero-order chi connectivity index (χ0) is 44.7. The molecule has 62 heavy (non-hydrogen) atoms. The first-order valence-electron chi connectivity index (χ1n) is 22.4. The van der Waals surface area contributed by atoms with E-state index in [1.807, 2.05) is 0 Å². The van der Waals surface area contributed by atoms with E-state index in [0.29, 0.717) is 38.9 Å². The summed E-state index contributed by atoms with van der Waals surface area (Å²) < 4.78 is 100. The number of hydrogen-bond acceptors (Lipinski definition) is 16. The monoisotopic (exact) mass is 946 g/mol. The quantitative estimate of drug-likeness (QED) is 0.0275. The van der Waals surface area contributed by atoms with E-state index >= 15 is 0 Å². The molecule has 0 fully saturated rings. The fourth-order valence-electron chi connectivity index (χ4n) is 6.13. The SMILES string of the molecule is CCCCCCCCCCCCOC(=O)CC(C(=O)OCCOCCCCCCOCCOC(=O)C(CC(=O)OCCCCCCCCCCCC)S(=O)(=O)[O-])S(=O)(=O)[O-].[Na+].[Na+]. The Bertz CT molecular complexity index is 1240. The summed E-state index contributed by atoms with van der Waals surface area (Å²) in [5.74, 6) is -4.57. The molecule has 0 N–H and O–H groups in total. The van der Waals surface area contributed by atoms with Crippen LogP contribution >= 0.6 is 0 Å². The minimum atomic E-state index is -5.15. The molecular formula is C42H76Na2O16S2. The van der Waals surface area contributed by atoms with Gasteiger partial charge in [0.1, 0.15) is 33.5 Å². The summed E-state index contributed by atoms with van der Waals surface area (Å²) in [6, 6.07) is 0. The number of hydrogen-bond donors (Lipinski definition) is 0. The molecule has 0 saturated heterocycles. The van der Waals surface area contributed by atoms with Crippen LogP contribution in [-0.4, -0.2) is 113 Å². The average Bonchev–Trinajstić information content (AvgIpc) is 3.19. The molecule has 2 unspecified atom stereocenters. The third-order valence-corrected chi connectivity index (χ3v) is 11.8. The third-order valence-electron chi connectivity index (χ3n) is 9.72. The second-order valence-electron chi connectivity index (χ2n) is 15.1. The molecule has 0 aromatic carbocycles. The van der Waals surface area contributed by atoms with E-state index in [9.17, 15) is 45.1 Å². The Hall–Kier alpha value is -0.380. The Morgan fingerprint density at radius 3 is 0.903 bits per heavy atom. The van der Waals surface area contributed by atoms with Crippen LogP contribution in [0, 0.1) is 0 Å². The van der Waals surface area contributed by atoms with Gasteiger partial charge in [-0.2, -0.15) is 0 Å². The van der Waals surface area contributed by atoms with Crippen LogP contribution in [0.15, 0.2) is 0 Å². The molecule has 0 aromatic rings. The molecule has 0 saturated carbocycles. The van der Waals surface area contributed by atoms with E-state index < -0.39 is 67.5 Å². The predicted molar refractivity (Wildman–Crippen MR) is 224 cm³/mol. The Morgan fingerprint density at radius 2 is 0.629 bits per heavy atom. The molecule has 0 spiro atoms. The molecule has 0 heterocycles. The molecule has 0 aromatic heterocycles. The second-order valence-corrected chi connectivity index (χ2v) is 18.3. The van der Waals surface area contributed by atoms with Gasteiger partial charge in [-0.25, -0.2) is 16.8 Å². The molecule has 354 valence electrons. The van der Waals surface area contributed by atoms with Crippen LogP contribution < -0.4 is 59.1 Å². The topological polar surface area (TPSA) is 238 Å². The van der Waals surface area contributed by atoms with E-state index in [2.05, 4.69) is 13.8 Å². The van der Waals surface area contributed by atoms with Crippen LogP contribution in [0.4, 0.5) is 0 Å². The van der Waals surface area contributed by atoms with Gasteiger partial charge in [-0.3, -0.25) is 19.2 Å². The van der Waals surface area contributed by atoms with Crippen molar-refractivity contribution in [2.45, 2.75) is 191 Å². The minimum Gasteiger partial charge on any atom is -0.747 e. The van der Waals surface area contributed by atoms with Crippen LogP contribution in [0.3, 0.4) is 0 Å². The fourth-order valence-corrected chi connectivity index (χ4v) is 7.42. The molecule has 0 aliphatic rings. The number of rotatable bonds is 43. The van der Waals surface area contributed by atoms with Gasteiger partial charge in [-0.1, -0.05) is 142 Å². The van der Waals surface area contributed by atoms with Crippen molar-refractivity contribution in [2.75, 3.05) is 52.9 Å². The molecule has 0 amide bonds. The van der Waals surface area contributed by atoms with Crippen molar-refractivity contribution in [3.63, 3.8) is 0 Å². The van der Waals surface area contributed by atoms with Crippen molar-refractivity contribution >= 4 is 44.1 Å². The normalized spacial score (nSPS) is 12.4. The first kappa shape index (κ1) is 65.9. The van der Waals surface area contributed by atoms with Gasteiger partial charge in [0, 0.05) is 13.2 Å². The van der Waals surface area contributed by atoms with E-state index in [-0.39, 0.29) is 98.8 Å². The van der Waals surface area contributed by atoms with Crippen LogP contribution in [0.25, 0.3) is 0 Å². The van der Waals surface area contributed by atoms with Gasteiger partial charge in [0.2, 0.25) is 0 Å². The number of esters is 4. The summed E-state index contributed by atoms with van der Waals surface area (Å²) >= 11 is 0. The number of carbonyl (C=O) groups is 4. The van der Waals surface area contributed by atoms with Gasteiger partial charge in [0.05, 0.1) is 39.3 Å². The summed E-state index contributed by atoms with van der Waals surface area (Å²) in [4.78, 5) is 48.7. The standard InChI is InChI=1S/C42H78O16S2.2Na/c1-3-5-7-9-11-13-15-17-19-25-29-55-39(43)35-37(59(47,48)49)41(45)57-33-31-53-27-23-21-22-24-28-54-32-34-58-42(46)38(60(50,51)52)36-40(44)56-30-26-20-18-16-14-12-10-8-6-4-2;;/h37-38H,3-36H2,1-2H3,(H,47,48,49)(H,50,51,52);;/q;2*+1/p-2. The molecule has 0 radical (unpaired) electrons. The van der Waals surface area contributed by atoms with Crippen molar-refractivity contribution in [1.82, 2.24) is 0 Å². The Balaban J connectivity index is -0.0000174. The molecule has 0 aliphatic heterocycles. The first-order valence-corrected chi connectivity index (χ1v) is 25.4. The summed E-state index contributed by atoms with van der Waals surface area (Å²) in [5, 5.41) is -4.39. The molecule has 0 bridgehead atoms. The average molecular weight is 947 g/mol. The van der Waals surface area contributed by atoms with Crippen molar-refractivity contribution in [3.8, 4) is 0 Å². The minimum absolute atomic E-state index is 0. The maximum Gasteiger partial charge on any atom is 1.00 e. The first-order chi connectivity index (χ1) is 28.7. The predicted octanol–water partition coefficient (Wildman–Crippen LogP) is 1.21. The smallest absolute Gasteiger partial charge is 0.747 e. The number of carbonyl (C=O) groups excluding carboxylic acids is 4. The molecular weight excluding hydrogens is 871 g/mol. The molecule has 2 atom stereocenters. The van der Waals surface area contributed by atoms with Crippen LogP contribution in [-0.2, 0) is 67.8 Å². The summed E-state index contributed by atoms with van der Waals surface area (Å²) in [5.41, 5.74) is 0. The largest absolute Gasteiger partial charge is 1.00 e. The Kier molecular flexibility index (Phi) is 47.3. The van der Waals surface area contributed by atoms with Crippen LogP contribution in [0.2, 0.25) is 0 Å². The van der Waals surface area contributed by atoms with Crippen molar-refractivity contribution in [1.29, 1.82) is 0 Å². The summed E-state index contributed by atoms with van der Waals surface area (Å²) in [6.07, 6.45) is 22.9. The maximum absolute atomic E-state index is 12.3. The van der Waals surface area contributed by atoms with Crippen LogP contribution in [0.5, 0.6) is 0 Å². The number of unbranched alkanes of at least 4 members (excludes halogenated alkanes) is 21. The van der Waals surface area contributed by atoms with Crippen molar-refractivity contribution in [2.24, 2.45) is 0 Å². The van der Waals surface area contributed by atoms with Gasteiger partial charge in [-0.15, -0.1) is 0 Å². The fraction of sp³-hybridized carbons (Fsp3) is 0.905. The van der Waals surface area contributed by atoms with Gasteiger partial charge in [0.25, 0.3) is 0 Å². The Morgan fingerprint density at radius 1 is 0.371 bits per heavy atom. The molecule has 0 rings (SSSR count). The summed E-state index contributed by atoms with van der Waals surface area (Å²) in [7, 11) is -10.3. The van der Waals surface area contributed by atoms with E-state index in [1.165, 1.54) is 77.0 Å². The zero-order valence-electron chi connectivity index (χ0n) is 38.5. The van der Waals surface area contributed by atoms with E-state index in [1.54, 1.807) is 0 Å². The van der Waals surface area contributed by atoms with Crippen LogP contribution in [0.1, 0.15) is 181 Å². The van der Waals surface area contributed by atoms with Gasteiger partial charge in [0.15, 0.2) is 10.5 Å². The maximum atomic E-state index is 12.3. The van der Waals surface area contributed by atoms with Crippen molar-refractivity contribution in [3.05, 3.63) is 0 Å². The second kappa shape index (κ2) is 44.5. The molecule has 16 nitrogen and oxygen atoms in total. The van der Waals surface area contributed by atoms with Gasteiger partial charge in [-0.05, 0) is 25.7 Å². The van der Waals surface area contributed by atoms with Gasteiger partial charge < -0.3 is 37.5 Å². The van der Waals surface area contributed by atoms with Crippen molar-refractivity contribution < 1.29 is 133 Å². The zero-order valence-corrected chi connectivity index (χ0v) is 44.2. The molecule has 0 aliphatic carbocycles. The van der Waals surface area contributed by atoms with Gasteiger partial charge >= 0.3 is 83.0 Å². The Labute approximate surface area is 417 Å². The van der Waals surface area contributed by atoms with E-state index in [0.717, 1.165) is 51.4 Å². The van der Waals surface area contributed by atoms with E-state index in [4.69, 9.17) is 28.4 Å². The number of ether oxygens (including phenoxy) is 6. The third kappa shape index (κ3) is 41.1. The molecule has 20 heteroatoms.